The largest absolute Gasteiger partial charge is 0.453 e. The molecular formula is C20H31N3O3. The van der Waals surface area contributed by atoms with Crippen molar-refractivity contribution < 1.29 is 14.4 Å². The lowest BCUT2D eigenvalue weighted by atomic mass is 9.96. The number of methoxy groups -OCH3 is 1. The zero-order chi connectivity index (χ0) is 18.4. The molecular weight excluding hydrogens is 330 g/mol. The van der Waals surface area contributed by atoms with Crippen molar-refractivity contribution in [2.24, 2.45) is 0 Å². The second-order valence-electron chi connectivity index (χ2n) is 7.26. The molecule has 1 saturated carbocycles. The number of ether oxygens (including phenoxy) is 1. The highest BCUT2D eigenvalue weighted by Crippen LogP contribution is 2.32. The van der Waals surface area contributed by atoms with Gasteiger partial charge < -0.3 is 10.1 Å². The van der Waals surface area contributed by atoms with Crippen molar-refractivity contribution in [2.45, 2.75) is 76.8 Å². The van der Waals surface area contributed by atoms with Crippen LogP contribution in [0.15, 0.2) is 24.3 Å². The predicted octanol–water partition coefficient (Wildman–Crippen LogP) is 3.84. The van der Waals surface area contributed by atoms with E-state index in [1.807, 2.05) is 12.1 Å². The maximum absolute atomic E-state index is 11.2. The second kappa shape index (κ2) is 9.35. The van der Waals surface area contributed by atoms with E-state index in [0.717, 1.165) is 5.56 Å². The number of rotatable bonds is 4. The fraction of sp³-hybridized carbons (Fsp3) is 0.650. The van der Waals surface area contributed by atoms with E-state index in [2.05, 4.69) is 39.5 Å². The monoisotopic (exact) mass is 361 g/mol. The van der Waals surface area contributed by atoms with Crippen LogP contribution in [0.4, 0.5) is 4.79 Å². The third-order valence-corrected chi connectivity index (χ3v) is 5.28. The summed E-state index contributed by atoms with van der Waals surface area (Å²) in [6, 6.07) is 8.80. The molecule has 0 bridgehead atoms. The molecule has 2 unspecified atom stereocenters. The van der Waals surface area contributed by atoms with Crippen LogP contribution in [0.25, 0.3) is 0 Å². The summed E-state index contributed by atoms with van der Waals surface area (Å²) in [5.74, 6) is 0. The first kappa shape index (κ1) is 19.1. The van der Waals surface area contributed by atoms with Crippen molar-refractivity contribution in [3.63, 3.8) is 0 Å². The third-order valence-electron chi connectivity index (χ3n) is 5.28. The highest BCUT2D eigenvalue weighted by atomic mass is 16.7. The van der Waals surface area contributed by atoms with Crippen molar-refractivity contribution >= 4 is 6.09 Å². The van der Waals surface area contributed by atoms with E-state index in [1.165, 1.54) is 57.6 Å². The zero-order valence-corrected chi connectivity index (χ0v) is 15.9. The Kier molecular flexibility index (Phi) is 6.88. The van der Waals surface area contributed by atoms with Crippen LogP contribution >= 0.6 is 0 Å². The Hall–Kier alpha value is -1.63. The van der Waals surface area contributed by atoms with Crippen LogP contribution in [-0.4, -0.2) is 30.5 Å². The number of benzene rings is 1. The number of alkyl carbamates (subject to hydrolysis) is 1. The molecule has 1 aromatic rings. The van der Waals surface area contributed by atoms with Gasteiger partial charge in [-0.05, 0) is 30.9 Å². The van der Waals surface area contributed by atoms with Gasteiger partial charge in [0.1, 0.15) is 12.4 Å². The SMILES string of the molecule is COC(=O)NCc1ccc(C2NC(C)ON2C2CCCCCCC2)cc1. The summed E-state index contributed by atoms with van der Waals surface area (Å²) >= 11 is 0. The molecule has 2 fully saturated rings. The van der Waals surface area contributed by atoms with Gasteiger partial charge in [0, 0.05) is 12.6 Å². The molecule has 1 aliphatic carbocycles. The summed E-state index contributed by atoms with van der Waals surface area (Å²) in [5.41, 5.74) is 2.24. The van der Waals surface area contributed by atoms with Gasteiger partial charge >= 0.3 is 6.09 Å². The molecule has 144 valence electrons. The molecule has 1 saturated heterocycles. The Morgan fingerprint density at radius 2 is 1.85 bits per heavy atom. The Bertz CT molecular complexity index is 570. The van der Waals surface area contributed by atoms with Crippen LogP contribution in [-0.2, 0) is 16.1 Å². The first-order chi connectivity index (χ1) is 12.7. The molecule has 26 heavy (non-hydrogen) atoms. The Labute approximate surface area is 156 Å². The molecule has 6 heteroatoms. The summed E-state index contributed by atoms with van der Waals surface area (Å²) in [7, 11) is 1.37. The van der Waals surface area contributed by atoms with Crippen LogP contribution in [0.3, 0.4) is 0 Å². The summed E-state index contributed by atoms with van der Waals surface area (Å²) in [6.45, 7) is 2.52. The number of hydrogen-bond acceptors (Lipinski definition) is 5. The average Bonchev–Trinajstić information content (AvgIpc) is 3.01. The van der Waals surface area contributed by atoms with Gasteiger partial charge in [-0.3, -0.25) is 10.2 Å². The maximum atomic E-state index is 11.2. The van der Waals surface area contributed by atoms with Gasteiger partial charge in [0.05, 0.1) is 7.11 Å². The molecule has 1 aromatic carbocycles. The van der Waals surface area contributed by atoms with E-state index >= 15 is 0 Å². The molecule has 0 spiro atoms. The van der Waals surface area contributed by atoms with E-state index in [9.17, 15) is 4.79 Å². The topological polar surface area (TPSA) is 62.8 Å². The molecule has 2 N–H and O–H groups in total. The standard InChI is InChI=1S/C20H31N3O3/c1-15-22-19(23(26-15)18-8-6-4-3-5-7-9-18)17-12-10-16(11-13-17)14-21-20(24)25-2/h10-13,15,18-19,22H,3-9,14H2,1-2H3,(H,21,24). The summed E-state index contributed by atoms with van der Waals surface area (Å²) in [4.78, 5) is 17.3. The minimum absolute atomic E-state index is 0.0195. The minimum Gasteiger partial charge on any atom is -0.453 e. The fourth-order valence-electron chi connectivity index (χ4n) is 3.86. The van der Waals surface area contributed by atoms with Crippen molar-refractivity contribution in [1.29, 1.82) is 0 Å². The molecule has 1 heterocycles. The van der Waals surface area contributed by atoms with E-state index in [-0.39, 0.29) is 12.4 Å². The lowest BCUT2D eigenvalue weighted by molar-refractivity contribution is -0.190. The first-order valence-corrected chi connectivity index (χ1v) is 9.79. The van der Waals surface area contributed by atoms with E-state index in [0.29, 0.717) is 12.6 Å². The van der Waals surface area contributed by atoms with E-state index in [1.54, 1.807) is 0 Å². The van der Waals surface area contributed by atoms with Crippen LogP contribution in [0.1, 0.15) is 69.2 Å². The first-order valence-electron chi connectivity index (χ1n) is 9.79. The summed E-state index contributed by atoms with van der Waals surface area (Å²) < 4.78 is 4.61. The van der Waals surface area contributed by atoms with Crippen LogP contribution in [0, 0.1) is 0 Å². The van der Waals surface area contributed by atoms with E-state index < -0.39 is 6.09 Å². The van der Waals surface area contributed by atoms with Gasteiger partial charge in [0.25, 0.3) is 0 Å². The van der Waals surface area contributed by atoms with Crippen molar-refractivity contribution in [3.8, 4) is 0 Å². The quantitative estimate of drug-likeness (QED) is 0.853. The highest BCUT2D eigenvalue weighted by molar-refractivity contribution is 5.66. The molecule has 0 aromatic heterocycles. The van der Waals surface area contributed by atoms with Gasteiger partial charge in [-0.1, -0.05) is 56.4 Å². The predicted molar refractivity (Wildman–Crippen MR) is 100 cm³/mol. The number of hydroxylamine groups is 2. The number of carbonyl (C=O) groups is 1. The fourth-order valence-corrected chi connectivity index (χ4v) is 3.86. The van der Waals surface area contributed by atoms with Gasteiger partial charge in [-0.2, -0.15) is 5.06 Å². The van der Waals surface area contributed by atoms with Crippen LogP contribution in [0.2, 0.25) is 0 Å². The Balaban J connectivity index is 1.66. The van der Waals surface area contributed by atoms with Gasteiger partial charge in [-0.15, -0.1) is 0 Å². The highest BCUT2D eigenvalue weighted by Gasteiger charge is 2.36. The van der Waals surface area contributed by atoms with Gasteiger partial charge in [0.2, 0.25) is 0 Å². The summed E-state index contributed by atoms with van der Waals surface area (Å²) in [5, 5.41) is 8.44. The van der Waals surface area contributed by atoms with Crippen LogP contribution in [0.5, 0.6) is 0 Å². The normalized spacial score (nSPS) is 25.5. The number of amides is 1. The molecule has 2 atom stereocenters. The molecule has 6 nitrogen and oxygen atoms in total. The number of hydrogen-bond donors (Lipinski definition) is 2. The number of nitrogens with zero attached hydrogens (tertiary/aromatic N) is 1. The average molecular weight is 361 g/mol. The van der Waals surface area contributed by atoms with Crippen molar-refractivity contribution in [2.75, 3.05) is 7.11 Å². The van der Waals surface area contributed by atoms with Crippen molar-refractivity contribution in [1.82, 2.24) is 15.7 Å². The molecule has 0 radical (unpaired) electrons. The maximum Gasteiger partial charge on any atom is 0.407 e. The molecule has 3 rings (SSSR count). The molecule has 2 aliphatic rings. The van der Waals surface area contributed by atoms with Crippen LogP contribution < -0.4 is 10.6 Å². The van der Waals surface area contributed by atoms with E-state index in [4.69, 9.17) is 4.84 Å². The lowest BCUT2D eigenvalue weighted by Gasteiger charge is -2.32. The number of carbonyl (C=O) groups excluding carboxylic acids is 1. The Morgan fingerprint density at radius 1 is 1.19 bits per heavy atom. The van der Waals surface area contributed by atoms with Crippen molar-refractivity contribution in [3.05, 3.63) is 35.4 Å². The minimum atomic E-state index is -0.413. The zero-order valence-electron chi connectivity index (χ0n) is 15.9. The molecule has 1 amide bonds. The summed E-state index contributed by atoms with van der Waals surface area (Å²) in [6.07, 6.45) is 8.69. The molecule has 1 aliphatic heterocycles. The van der Waals surface area contributed by atoms with Gasteiger partial charge in [-0.25, -0.2) is 4.79 Å². The smallest absolute Gasteiger partial charge is 0.407 e. The number of nitrogens with one attached hydrogen (secondary N) is 2. The lowest BCUT2D eigenvalue weighted by Crippen LogP contribution is -2.36. The second-order valence-corrected chi connectivity index (χ2v) is 7.26. The van der Waals surface area contributed by atoms with Gasteiger partial charge in [0.15, 0.2) is 0 Å². The third kappa shape index (κ3) is 4.96. The Morgan fingerprint density at radius 3 is 2.50 bits per heavy atom.